The predicted molar refractivity (Wildman–Crippen MR) is 80.9 cm³/mol. The van der Waals surface area contributed by atoms with Crippen LogP contribution >= 0.6 is 11.6 Å². The zero-order valence-corrected chi connectivity index (χ0v) is 11.6. The van der Waals surface area contributed by atoms with Crippen LogP contribution in [-0.4, -0.2) is 24.1 Å². The Hall–Kier alpha value is -1.32. The molecule has 1 aromatic carbocycles. The first-order valence-electron chi connectivity index (χ1n) is 6.84. The van der Waals surface area contributed by atoms with E-state index in [1.165, 1.54) is 19.4 Å². The molecule has 19 heavy (non-hydrogen) atoms. The smallest absolute Gasteiger partial charge is 0.0737 e. The van der Waals surface area contributed by atoms with Crippen molar-refractivity contribution in [2.24, 2.45) is 0 Å². The molecular weight excluding hydrogens is 258 g/mol. The molecule has 0 radical (unpaired) electrons. The number of nitrogens with one attached hydrogen (secondary N) is 2. The second kappa shape index (κ2) is 5.76. The molecule has 3 rings (SSSR count). The van der Waals surface area contributed by atoms with E-state index in [4.69, 9.17) is 11.6 Å². The first kappa shape index (κ1) is 12.7. The van der Waals surface area contributed by atoms with Gasteiger partial charge in [0.2, 0.25) is 0 Å². The van der Waals surface area contributed by atoms with Gasteiger partial charge in [0, 0.05) is 34.9 Å². The van der Waals surface area contributed by atoms with E-state index >= 15 is 0 Å². The molecule has 0 spiro atoms. The summed E-state index contributed by atoms with van der Waals surface area (Å²) in [6.07, 6.45) is 5.60. The van der Waals surface area contributed by atoms with Crippen LogP contribution in [0.4, 0.5) is 5.69 Å². The molecule has 1 fully saturated rings. The lowest BCUT2D eigenvalue weighted by atomic mass is 10.1. The lowest BCUT2D eigenvalue weighted by molar-refractivity contribution is 0.574. The van der Waals surface area contributed by atoms with E-state index in [9.17, 15) is 0 Å². The Labute approximate surface area is 118 Å². The molecule has 4 heteroatoms. The summed E-state index contributed by atoms with van der Waals surface area (Å²) in [4.78, 5) is 4.35. The van der Waals surface area contributed by atoms with E-state index in [-0.39, 0.29) is 0 Å². The monoisotopic (exact) mass is 275 g/mol. The number of hydrogen-bond donors (Lipinski definition) is 2. The Balaban J connectivity index is 1.70. The summed E-state index contributed by atoms with van der Waals surface area (Å²) in [6, 6.07) is 8.55. The zero-order chi connectivity index (χ0) is 13.1. The molecule has 0 amide bonds. The number of halogens is 1. The van der Waals surface area contributed by atoms with E-state index in [1.54, 1.807) is 0 Å². The van der Waals surface area contributed by atoms with Crippen LogP contribution < -0.4 is 10.6 Å². The average molecular weight is 276 g/mol. The van der Waals surface area contributed by atoms with Crippen molar-refractivity contribution in [3.8, 4) is 0 Å². The fourth-order valence-corrected chi connectivity index (χ4v) is 2.83. The van der Waals surface area contributed by atoms with E-state index in [0.717, 1.165) is 34.6 Å². The summed E-state index contributed by atoms with van der Waals surface area (Å²) in [7, 11) is 0. The first-order valence-corrected chi connectivity index (χ1v) is 7.22. The van der Waals surface area contributed by atoms with Gasteiger partial charge < -0.3 is 10.6 Å². The van der Waals surface area contributed by atoms with Gasteiger partial charge in [-0.15, -0.1) is 0 Å². The molecule has 1 aliphatic heterocycles. The highest BCUT2D eigenvalue weighted by Gasteiger charge is 2.13. The van der Waals surface area contributed by atoms with Crippen molar-refractivity contribution in [3.63, 3.8) is 0 Å². The summed E-state index contributed by atoms with van der Waals surface area (Å²) in [5.74, 6) is 0. The number of anilines is 1. The van der Waals surface area contributed by atoms with Crippen LogP contribution in [0, 0.1) is 0 Å². The van der Waals surface area contributed by atoms with Gasteiger partial charge in [-0.05, 0) is 50.1 Å². The fraction of sp³-hybridized carbons (Fsp3) is 0.400. The number of nitrogens with zero attached hydrogens (tertiary/aromatic N) is 1. The maximum Gasteiger partial charge on any atom is 0.0737 e. The van der Waals surface area contributed by atoms with E-state index < -0.39 is 0 Å². The van der Waals surface area contributed by atoms with Gasteiger partial charge in [-0.3, -0.25) is 4.98 Å². The third-order valence-electron chi connectivity index (χ3n) is 3.68. The quantitative estimate of drug-likeness (QED) is 0.897. The minimum Gasteiger partial charge on any atom is -0.384 e. The molecule has 2 N–H and O–H groups in total. The predicted octanol–water partition coefficient (Wildman–Crippen LogP) is 3.44. The van der Waals surface area contributed by atoms with Crippen molar-refractivity contribution < 1.29 is 0 Å². The third kappa shape index (κ3) is 2.99. The van der Waals surface area contributed by atoms with Gasteiger partial charge in [0.15, 0.2) is 0 Å². The molecule has 1 atom stereocenters. The Morgan fingerprint density at radius 1 is 1.37 bits per heavy atom. The van der Waals surface area contributed by atoms with E-state index in [0.29, 0.717) is 6.04 Å². The molecule has 2 heterocycles. The van der Waals surface area contributed by atoms with Crippen LogP contribution in [0.15, 0.2) is 30.5 Å². The van der Waals surface area contributed by atoms with Gasteiger partial charge in [0.1, 0.15) is 0 Å². The molecule has 0 bridgehead atoms. The standard InChI is InChI=1S/C15H18ClN3/c16-11-3-4-13-14(6-9-19-15(13)10-11)18-8-5-12-2-1-7-17-12/h3-4,6,9-10,12,17H,1-2,5,7-8H2,(H,18,19). The number of aromatic nitrogens is 1. The molecular formula is C15H18ClN3. The van der Waals surface area contributed by atoms with E-state index in [2.05, 4.69) is 15.6 Å². The number of pyridine rings is 1. The van der Waals surface area contributed by atoms with Gasteiger partial charge in [0.25, 0.3) is 0 Å². The lowest BCUT2D eigenvalue weighted by Gasteiger charge is -2.13. The van der Waals surface area contributed by atoms with Crippen LogP contribution in [0.25, 0.3) is 10.9 Å². The van der Waals surface area contributed by atoms with Crippen molar-refractivity contribution in [2.45, 2.75) is 25.3 Å². The Morgan fingerprint density at radius 2 is 2.32 bits per heavy atom. The summed E-state index contributed by atoms with van der Waals surface area (Å²) in [5.41, 5.74) is 2.08. The maximum absolute atomic E-state index is 5.99. The Bertz CT molecular complexity index is 564. The highest BCUT2D eigenvalue weighted by Crippen LogP contribution is 2.24. The number of fused-ring (bicyclic) bond motifs is 1. The molecule has 0 aliphatic carbocycles. The molecule has 3 nitrogen and oxygen atoms in total. The molecule has 1 saturated heterocycles. The molecule has 2 aromatic rings. The van der Waals surface area contributed by atoms with E-state index in [1.807, 2.05) is 30.5 Å². The van der Waals surface area contributed by atoms with Crippen molar-refractivity contribution in [3.05, 3.63) is 35.5 Å². The second-order valence-corrected chi connectivity index (χ2v) is 5.47. The topological polar surface area (TPSA) is 37.0 Å². The molecule has 0 saturated carbocycles. The third-order valence-corrected chi connectivity index (χ3v) is 3.91. The van der Waals surface area contributed by atoms with Gasteiger partial charge in [-0.1, -0.05) is 11.6 Å². The summed E-state index contributed by atoms with van der Waals surface area (Å²) >= 11 is 5.99. The van der Waals surface area contributed by atoms with Crippen molar-refractivity contribution in [1.82, 2.24) is 10.3 Å². The Morgan fingerprint density at radius 3 is 3.16 bits per heavy atom. The van der Waals surface area contributed by atoms with Crippen molar-refractivity contribution in [2.75, 3.05) is 18.4 Å². The van der Waals surface area contributed by atoms with Crippen LogP contribution in [-0.2, 0) is 0 Å². The van der Waals surface area contributed by atoms with Crippen molar-refractivity contribution in [1.29, 1.82) is 0 Å². The normalized spacial score (nSPS) is 18.9. The summed E-state index contributed by atoms with van der Waals surface area (Å²) in [6.45, 7) is 2.15. The first-order chi connectivity index (χ1) is 9.33. The molecule has 1 aliphatic rings. The van der Waals surface area contributed by atoms with Crippen molar-refractivity contribution >= 4 is 28.2 Å². The molecule has 100 valence electrons. The minimum atomic E-state index is 0.676. The van der Waals surface area contributed by atoms with Crippen LogP contribution in [0.3, 0.4) is 0 Å². The zero-order valence-electron chi connectivity index (χ0n) is 10.8. The Kier molecular flexibility index (Phi) is 3.85. The SMILES string of the molecule is Clc1ccc2c(NCCC3CCCN3)ccnc2c1. The van der Waals surface area contributed by atoms with Gasteiger partial charge in [0.05, 0.1) is 5.52 Å². The van der Waals surface area contributed by atoms with Crippen LogP contribution in [0.5, 0.6) is 0 Å². The van der Waals surface area contributed by atoms with Gasteiger partial charge in [-0.2, -0.15) is 0 Å². The molecule has 1 unspecified atom stereocenters. The number of rotatable bonds is 4. The molecule has 1 aromatic heterocycles. The second-order valence-electron chi connectivity index (χ2n) is 5.03. The fourth-order valence-electron chi connectivity index (χ4n) is 2.66. The average Bonchev–Trinajstić information content (AvgIpc) is 2.92. The lowest BCUT2D eigenvalue weighted by Crippen LogP contribution is -2.24. The largest absolute Gasteiger partial charge is 0.384 e. The number of hydrogen-bond acceptors (Lipinski definition) is 3. The summed E-state index contributed by atoms with van der Waals surface area (Å²) in [5, 5.41) is 8.89. The van der Waals surface area contributed by atoms with Crippen LogP contribution in [0.2, 0.25) is 5.02 Å². The highest BCUT2D eigenvalue weighted by atomic mass is 35.5. The summed E-state index contributed by atoms with van der Waals surface area (Å²) < 4.78 is 0. The highest BCUT2D eigenvalue weighted by molar-refractivity contribution is 6.31. The number of benzene rings is 1. The maximum atomic E-state index is 5.99. The van der Waals surface area contributed by atoms with Gasteiger partial charge >= 0.3 is 0 Å². The van der Waals surface area contributed by atoms with Gasteiger partial charge in [-0.25, -0.2) is 0 Å². The minimum absolute atomic E-state index is 0.676. The van der Waals surface area contributed by atoms with Crippen LogP contribution in [0.1, 0.15) is 19.3 Å².